The Morgan fingerprint density at radius 3 is 2.63 bits per heavy atom. The Morgan fingerprint density at radius 1 is 1.16 bits per heavy atom. The van der Waals surface area contributed by atoms with E-state index in [1.807, 2.05) is 54.1 Å². The molecule has 0 aliphatic carbocycles. The molecule has 0 spiro atoms. The van der Waals surface area contributed by atoms with Gasteiger partial charge in [0.1, 0.15) is 11.5 Å². The van der Waals surface area contributed by atoms with Crippen molar-refractivity contribution < 1.29 is 19.4 Å². The number of likely N-dealkylation sites (N-methyl/N-ethyl adjacent to an activating group) is 1. The lowest BCUT2D eigenvalue weighted by Gasteiger charge is -2.35. The average Bonchev–Trinajstić information content (AvgIpc) is 3.37. The van der Waals surface area contributed by atoms with Gasteiger partial charge in [-0.25, -0.2) is 4.68 Å². The number of rotatable bonds is 8. The van der Waals surface area contributed by atoms with Gasteiger partial charge in [0.05, 0.1) is 37.3 Å². The summed E-state index contributed by atoms with van der Waals surface area (Å²) in [5.74, 6) is 1.71. The maximum absolute atomic E-state index is 13.0. The van der Waals surface area contributed by atoms with Crippen LogP contribution in [0.4, 0.5) is 0 Å². The summed E-state index contributed by atoms with van der Waals surface area (Å²) in [6.07, 6.45) is 2.67. The van der Waals surface area contributed by atoms with Crippen molar-refractivity contribution in [2.75, 3.05) is 26.7 Å². The summed E-state index contributed by atoms with van der Waals surface area (Å²) in [6, 6.07) is 17.6. The van der Waals surface area contributed by atoms with Crippen LogP contribution in [0.3, 0.4) is 0 Å². The number of ether oxygens (including phenoxy) is 2. The largest absolute Gasteiger partial charge is 0.457 e. The number of hydrogen-bond donors (Lipinski definition) is 1. The van der Waals surface area contributed by atoms with Gasteiger partial charge in [0.15, 0.2) is 0 Å². The number of aryl methyl sites for hydroxylation is 1. The number of para-hydroxylation sites is 1. The number of nitrogens with zero attached hydrogens (tertiary/aromatic N) is 5. The number of fused-ring (bicyclic) bond motifs is 1. The fourth-order valence-corrected chi connectivity index (χ4v) is 4.72. The monoisotopic (exact) mass is 521 g/mol. The summed E-state index contributed by atoms with van der Waals surface area (Å²) >= 11 is 0. The van der Waals surface area contributed by atoms with Crippen LogP contribution in [0.15, 0.2) is 60.8 Å². The third kappa shape index (κ3) is 7.63. The lowest BCUT2D eigenvalue weighted by Crippen LogP contribution is -2.47. The van der Waals surface area contributed by atoms with Crippen LogP contribution in [0.5, 0.6) is 11.5 Å². The molecule has 1 aliphatic rings. The summed E-state index contributed by atoms with van der Waals surface area (Å²) < 4.78 is 14.2. The molecule has 9 nitrogen and oxygen atoms in total. The predicted molar refractivity (Wildman–Crippen MR) is 145 cm³/mol. The van der Waals surface area contributed by atoms with E-state index in [0.717, 1.165) is 23.7 Å². The van der Waals surface area contributed by atoms with Crippen LogP contribution in [0.2, 0.25) is 0 Å². The smallest absolute Gasteiger partial charge is 0.222 e. The minimum Gasteiger partial charge on any atom is -0.457 e. The van der Waals surface area contributed by atoms with E-state index in [1.165, 1.54) is 5.56 Å². The summed E-state index contributed by atoms with van der Waals surface area (Å²) in [7, 11) is 2.08. The molecule has 9 heteroatoms. The van der Waals surface area contributed by atoms with Gasteiger partial charge in [0, 0.05) is 38.5 Å². The maximum Gasteiger partial charge on any atom is 0.222 e. The molecule has 3 aromatic rings. The molecule has 204 valence electrons. The molecule has 2 aromatic carbocycles. The molecule has 2 heterocycles. The van der Waals surface area contributed by atoms with Crippen LogP contribution in [-0.2, 0) is 29.2 Å². The molecule has 3 atom stereocenters. The van der Waals surface area contributed by atoms with Gasteiger partial charge in [0.25, 0.3) is 0 Å². The van der Waals surface area contributed by atoms with Crippen LogP contribution in [0, 0.1) is 5.92 Å². The van der Waals surface area contributed by atoms with Crippen molar-refractivity contribution in [1.82, 2.24) is 24.8 Å². The van der Waals surface area contributed by atoms with E-state index in [2.05, 4.69) is 41.3 Å². The molecule has 0 unspecified atom stereocenters. The second-order valence-corrected chi connectivity index (χ2v) is 10.2. The standard InChI is InChI=1S/C29H39N5O4/c1-22-17-33(23(2)20-35)29(36)10-7-15-34-25(16-30-31-34)21-37-28(22)19-32(3)18-24-11-13-27(14-12-24)38-26-8-5-4-6-9-26/h4-6,8-9,11-14,16,22-23,28,35H,7,10,15,17-21H2,1-3H3/t22-,23+,28-/m0/s1. The molecule has 1 aromatic heterocycles. The van der Waals surface area contributed by atoms with E-state index in [1.54, 1.807) is 11.1 Å². The molecule has 1 aliphatic heterocycles. The van der Waals surface area contributed by atoms with Gasteiger partial charge in [-0.05, 0) is 50.2 Å². The number of aliphatic hydroxyl groups is 1. The van der Waals surface area contributed by atoms with Crippen LogP contribution >= 0.6 is 0 Å². The minimum atomic E-state index is -0.246. The van der Waals surface area contributed by atoms with Crippen molar-refractivity contribution in [3.63, 3.8) is 0 Å². The summed E-state index contributed by atoms with van der Waals surface area (Å²) in [5.41, 5.74) is 2.08. The Morgan fingerprint density at radius 2 is 1.89 bits per heavy atom. The highest BCUT2D eigenvalue weighted by atomic mass is 16.5. The van der Waals surface area contributed by atoms with E-state index in [-0.39, 0.29) is 30.6 Å². The SMILES string of the molecule is C[C@H](CO)N1C[C@H](C)[C@H](CN(C)Cc2ccc(Oc3ccccc3)cc2)OCc2cnnn2CCCC1=O. The Kier molecular flexibility index (Phi) is 9.86. The number of hydrogen-bond acceptors (Lipinski definition) is 7. The highest BCUT2D eigenvalue weighted by Gasteiger charge is 2.28. The van der Waals surface area contributed by atoms with Gasteiger partial charge in [-0.15, -0.1) is 5.10 Å². The Labute approximate surface area is 225 Å². The molecule has 0 saturated carbocycles. The topological polar surface area (TPSA) is 92.9 Å². The lowest BCUT2D eigenvalue weighted by molar-refractivity contribution is -0.136. The van der Waals surface area contributed by atoms with Crippen LogP contribution in [-0.4, -0.2) is 74.7 Å². The molecule has 38 heavy (non-hydrogen) atoms. The number of aromatic nitrogens is 3. The number of amides is 1. The lowest BCUT2D eigenvalue weighted by atomic mass is 10.0. The highest BCUT2D eigenvalue weighted by Crippen LogP contribution is 2.22. The number of aliphatic hydroxyl groups excluding tert-OH is 1. The Balaban J connectivity index is 1.43. The van der Waals surface area contributed by atoms with E-state index in [0.29, 0.717) is 39.1 Å². The number of carbonyl (C=O) groups is 1. The van der Waals surface area contributed by atoms with E-state index < -0.39 is 0 Å². The molecule has 4 rings (SSSR count). The fraction of sp³-hybridized carbons (Fsp3) is 0.483. The second-order valence-electron chi connectivity index (χ2n) is 10.2. The van der Waals surface area contributed by atoms with Gasteiger partial charge < -0.3 is 19.5 Å². The predicted octanol–water partition coefficient (Wildman–Crippen LogP) is 3.73. The zero-order valence-corrected chi connectivity index (χ0v) is 22.6. The van der Waals surface area contributed by atoms with Crippen molar-refractivity contribution in [2.45, 2.75) is 58.5 Å². The van der Waals surface area contributed by atoms with Crippen LogP contribution in [0.25, 0.3) is 0 Å². The van der Waals surface area contributed by atoms with Crippen molar-refractivity contribution >= 4 is 5.91 Å². The normalized spacial score (nSPS) is 19.9. The van der Waals surface area contributed by atoms with E-state index in [4.69, 9.17) is 9.47 Å². The van der Waals surface area contributed by atoms with Gasteiger partial charge in [-0.3, -0.25) is 9.69 Å². The highest BCUT2D eigenvalue weighted by molar-refractivity contribution is 5.76. The van der Waals surface area contributed by atoms with Crippen LogP contribution < -0.4 is 4.74 Å². The molecule has 0 bridgehead atoms. The summed E-state index contributed by atoms with van der Waals surface area (Å²) in [6.45, 7) is 6.90. The molecule has 1 N–H and O–H groups in total. The molecule has 0 saturated heterocycles. The molecular weight excluding hydrogens is 482 g/mol. The second kappa shape index (κ2) is 13.5. The first-order valence-corrected chi connectivity index (χ1v) is 13.3. The van der Waals surface area contributed by atoms with Crippen molar-refractivity contribution in [2.24, 2.45) is 5.92 Å². The average molecular weight is 522 g/mol. The fourth-order valence-electron chi connectivity index (χ4n) is 4.72. The summed E-state index contributed by atoms with van der Waals surface area (Å²) in [5, 5.41) is 18.0. The van der Waals surface area contributed by atoms with Gasteiger partial charge >= 0.3 is 0 Å². The third-order valence-electron chi connectivity index (χ3n) is 6.99. The van der Waals surface area contributed by atoms with Crippen molar-refractivity contribution in [3.05, 3.63) is 72.1 Å². The zero-order valence-electron chi connectivity index (χ0n) is 22.6. The van der Waals surface area contributed by atoms with Gasteiger partial charge in [-0.2, -0.15) is 0 Å². The number of benzene rings is 2. The third-order valence-corrected chi connectivity index (χ3v) is 6.99. The Bertz CT molecular complexity index is 1140. The van der Waals surface area contributed by atoms with Gasteiger partial charge in [0.2, 0.25) is 5.91 Å². The first-order valence-electron chi connectivity index (χ1n) is 13.3. The first kappa shape index (κ1) is 27.8. The first-order chi connectivity index (χ1) is 18.4. The van der Waals surface area contributed by atoms with Crippen LogP contribution in [0.1, 0.15) is 37.9 Å². The summed E-state index contributed by atoms with van der Waals surface area (Å²) in [4.78, 5) is 17.1. The van der Waals surface area contributed by atoms with E-state index in [9.17, 15) is 9.90 Å². The zero-order chi connectivity index (χ0) is 26.9. The number of carbonyl (C=O) groups excluding carboxylic acids is 1. The Hall–Kier alpha value is -3.27. The molecular formula is C29H39N5O4. The quantitative estimate of drug-likeness (QED) is 0.483. The van der Waals surface area contributed by atoms with Crippen molar-refractivity contribution in [3.8, 4) is 11.5 Å². The van der Waals surface area contributed by atoms with Crippen molar-refractivity contribution in [1.29, 1.82) is 0 Å². The minimum absolute atomic E-state index is 0.0468. The molecule has 1 amide bonds. The molecule has 0 radical (unpaired) electrons. The maximum atomic E-state index is 13.0. The van der Waals surface area contributed by atoms with Gasteiger partial charge in [-0.1, -0.05) is 42.5 Å². The molecule has 0 fully saturated rings. The van der Waals surface area contributed by atoms with E-state index >= 15 is 0 Å².